The molecule has 0 bridgehead atoms. The van der Waals surface area contributed by atoms with E-state index in [1.807, 2.05) is 41.3 Å². The van der Waals surface area contributed by atoms with Crippen molar-refractivity contribution in [3.05, 3.63) is 47.5 Å². The van der Waals surface area contributed by atoms with Crippen LogP contribution in [0.3, 0.4) is 0 Å². The van der Waals surface area contributed by atoms with Crippen LogP contribution in [0.4, 0.5) is 0 Å². The number of carbonyl (C=O) groups is 2. The lowest BCUT2D eigenvalue weighted by molar-refractivity contribution is -0.870. The number of likely N-dealkylation sites (tertiary alicyclic amines) is 1. The fourth-order valence-corrected chi connectivity index (χ4v) is 6.69. The number of carboxylic acid groups (broad SMARTS) is 1. The molecule has 1 fully saturated rings. The fourth-order valence-electron chi connectivity index (χ4n) is 6.69. The SMILES string of the molecule is CCCCN(CCC[N+](C)(C)C)C(=O)CN1C[C@H](c2cc(OC)c3c(c2)OCO3)C(C(=O)O)[C@@H]1CCCc1ccccc1OC. The number of nitrogens with zero attached hydrogens (tertiary/aromatic N) is 3. The summed E-state index contributed by atoms with van der Waals surface area (Å²) in [5.41, 5.74) is 1.91. The van der Waals surface area contributed by atoms with Crippen molar-refractivity contribution in [2.24, 2.45) is 5.92 Å². The number of rotatable bonds is 17. The molecule has 1 N–H and O–H groups in total. The van der Waals surface area contributed by atoms with Crippen molar-refractivity contribution in [1.82, 2.24) is 9.80 Å². The van der Waals surface area contributed by atoms with Crippen molar-refractivity contribution in [2.45, 2.75) is 57.4 Å². The predicted octanol–water partition coefficient (Wildman–Crippen LogP) is 4.65. The van der Waals surface area contributed by atoms with Gasteiger partial charge in [-0.2, -0.15) is 0 Å². The van der Waals surface area contributed by atoms with Gasteiger partial charge in [0.25, 0.3) is 0 Å². The lowest BCUT2D eigenvalue weighted by atomic mass is 9.83. The maximum absolute atomic E-state index is 13.9. The van der Waals surface area contributed by atoms with Crippen LogP contribution in [0.2, 0.25) is 0 Å². The predicted molar refractivity (Wildman–Crippen MR) is 173 cm³/mol. The third kappa shape index (κ3) is 8.82. The standard InChI is InChI=1S/C35H51N3O7/c1-7-8-17-36(18-12-19-38(2,3)4)32(39)23-37-22-27(26-20-30(43-6)34-31(21-26)44-24-45-34)33(35(40)41)28(37)15-11-14-25-13-9-10-16-29(25)42-5/h9-10,13,16,20-21,27-28,33H,7-8,11-12,14-15,17-19,22-24H2,1-6H3/p+1/t27-,28+,33?/m1/s1. The van der Waals surface area contributed by atoms with Crippen LogP contribution in [0.5, 0.6) is 23.0 Å². The van der Waals surface area contributed by atoms with Crippen LogP contribution in [0.25, 0.3) is 0 Å². The number of aliphatic carboxylic acids is 1. The topological polar surface area (TPSA) is 97.8 Å². The van der Waals surface area contributed by atoms with Gasteiger partial charge in [0.05, 0.1) is 54.4 Å². The van der Waals surface area contributed by atoms with Crippen LogP contribution in [0.1, 0.15) is 56.1 Å². The quantitative estimate of drug-likeness (QED) is 0.254. The van der Waals surface area contributed by atoms with E-state index >= 15 is 0 Å². The number of carbonyl (C=O) groups excluding carboxylic acids is 1. The molecule has 2 aliphatic heterocycles. The molecule has 2 heterocycles. The number of methoxy groups -OCH3 is 2. The van der Waals surface area contributed by atoms with Gasteiger partial charge in [-0.15, -0.1) is 0 Å². The number of amides is 1. The van der Waals surface area contributed by atoms with Crippen molar-refractivity contribution < 1.29 is 38.1 Å². The van der Waals surface area contributed by atoms with Crippen molar-refractivity contribution in [1.29, 1.82) is 0 Å². The maximum Gasteiger partial charge on any atom is 0.308 e. The van der Waals surface area contributed by atoms with Crippen molar-refractivity contribution in [3.63, 3.8) is 0 Å². The number of aryl methyl sites for hydroxylation is 1. The number of unbranched alkanes of at least 4 members (excludes halogenated alkanes) is 1. The molecule has 1 unspecified atom stereocenters. The van der Waals surface area contributed by atoms with Crippen LogP contribution in [-0.2, 0) is 16.0 Å². The number of hydrogen-bond donors (Lipinski definition) is 1. The molecular formula is C35H52N3O7+. The molecule has 1 saturated heterocycles. The molecule has 2 aromatic carbocycles. The molecule has 4 rings (SSSR count). The smallest absolute Gasteiger partial charge is 0.308 e. The molecule has 0 radical (unpaired) electrons. The van der Waals surface area contributed by atoms with Gasteiger partial charge in [0.1, 0.15) is 5.75 Å². The average Bonchev–Trinajstić information content (AvgIpc) is 3.63. The van der Waals surface area contributed by atoms with Gasteiger partial charge in [0.15, 0.2) is 11.5 Å². The van der Waals surface area contributed by atoms with Crippen LogP contribution in [0, 0.1) is 5.92 Å². The lowest BCUT2D eigenvalue weighted by Gasteiger charge is -2.31. The Morgan fingerprint density at radius 1 is 1.02 bits per heavy atom. The molecule has 2 aromatic rings. The summed E-state index contributed by atoms with van der Waals surface area (Å²) in [5, 5.41) is 10.7. The summed E-state index contributed by atoms with van der Waals surface area (Å²) in [4.78, 5) is 31.0. The summed E-state index contributed by atoms with van der Waals surface area (Å²) in [5.74, 6) is 0.587. The highest BCUT2D eigenvalue weighted by molar-refractivity contribution is 5.79. The first kappa shape index (κ1) is 34.4. The molecule has 3 atom stereocenters. The summed E-state index contributed by atoms with van der Waals surface area (Å²) in [7, 11) is 9.72. The Morgan fingerprint density at radius 3 is 2.44 bits per heavy atom. The largest absolute Gasteiger partial charge is 0.496 e. The number of carboxylic acids is 1. The molecule has 10 heteroatoms. The summed E-state index contributed by atoms with van der Waals surface area (Å²) in [6, 6.07) is 11.4. The number of quaternary nitrogens is 1. The molecular weight excluding hydrogens is 574 g/mol. The molecule has 0 aliphatic carbocycles. The Balaban J connectivity index is 1.60. The van der Waals surface area contributed by atoms with Gasteiger partial charge in [-0.05, 0) is 55.0 Å². The van der Waals surface area contributed by atoms with Gasteiger partial charge in [0, 0.05) is 38.0 Å². The highest BCUT2D eigenvalue weighted by Gasteiger charge is 2.47. The zero-order valence-corrected chi connectivity index (χ0v) is 27.9. The first-order valence-corrected chi connectivity index (χ1v) is 16.2. The van der Waals surface area contributed by atoms with E-state index in [9.17, 15) is 14.7 Å². The van der Waals surface area contributed by atoms with Gasteiger partial charge in [-0.3, -0.25) is 14.5 Å². The molecule has 0 spiro atoms. The summed E-state index contributed by atoms with van der Waals surface area (Å²) >= 11 is 0. The summed E-state index contributed by atoms with van der Waals surface area (Å²) < 4.78 is 23.3. The Bertz CT molecular complexity index is 1290. The number of fused-ring (bicyclic) bond motifs is 1. The van der Waals surface area contributed by atoms with Crippen molar-refractivity contribution in [3.8, 4) is 23.0 Å². The van der Waals surface area contributed by atoms with Gasteiger partial charge < -0.3 is 33.4 Å². The Labute approximate surface area is 268 Å². The molecule has 0 saturated carbocycles. The first-order chi connectivity index (χ1) is 21.6. The van der Waals surface area contributed by atoms with E-state index < -0.39 is 11.9 Å². The van der Waals surface area contributed by atoms with Crippen molar-refractivity contribution >= 4 is 11.9 Å². The molecule has 45 heavy (non-hydrogen) atoms. The van der Waals surface area contributed by atoms with Gasteiger partial charge in [0.2, 0.25) is 18.4 Å². The van der Waals surface area contributed by atoms with E-state index in [1.54, 1.807) is 14.2 Å². The minimum atomic E-state index is -0.861. The second kappa shape index (κ2) is 15.7. The third-order valence-corrected chi connectivity index (χ3v) is 9.01. The lowest BCUT2D eigenvalue weighted by Crippen LogP contribution is -2.45. The van der Waals surface area contributed by atoms with E-state index in [4.69, 9.17) is 18.9 Å². The van der Waals surface area contributed by atoms with E-state index in [0.717, 1.165) is 60.0 Å². The zero-order valence-electron chi connectivity index (χ0n) is 27.9. The number of benzene rings is 2. The minimum absolute atomic E-state index is 0.0626. The van der Waals surface area contributed by atoms with Crippen LogP contribution in [0.15, 0.2) is 36.4 Å². The molecule has 0 aromatic heterocycles. The zero-order chi connectivity index (χ0) is 32.6. The maximum atomic E-state index is 13.9. The minimum Gasteiger partial charge on any atom is -0.496 e. The Kier molecular flexibility index (Phi) is 12.0. The van der Waals surface area contributed by atoms with Crippen molar-refractivity contribution in [2.75, 3.05) is 74.9 Å². The second-order valence-electron chi connectivity index (χ2n) is 13.2. The summed E-state index contributed by atoms with van der Waals surface area (Å²) in [6.45, 7) is 5.25. The second-order valence-corrected chi connectivity index (χ2v) is 13.2. The molecule has 10 nitrogen and oxygen atoms in total. The van der Waals surface area contributed by atoms with E-state index in [1.165, 1.54) is 0 Å². The van der Waals surface area contributed by atoms with Crippen LogP contribution in [-0.4, -0.2) is 112 Å². The van der Waals surface area contributed by atoms with Gasteiger partial charge in [-0.1, -0.05) is 31.5 Å². The fraction of sp³-hybridized carbons (Fsp3) is 0.600. The van der Waals surface area contributed by atoms with E-state index in [-0.39, 0.29) is 31.2 Å². The monoisotopic (exact) mass is 626 g/mol. The molecule has 2 aliphatic rings. The summed E-state index contributed by atoms with van der Waals surface area (Å²) in [6.07, 6.45) is 5.01. The third-order valence-electron chi connectivity index (χ3n) is 9.01. The molecule has 248 valence electrons. The number of ether oxygens (including phenoxy) is 4. The highest BCUT2D eigenvalue weighted by Crippen LogP contribution is 2.47. The Hall–Kier alpha value is -3.50. The number of hydrogen-bond acceptors (Lipinski definition) is 7. The normalized spacial score (nSPS) is 19.5. The average molecular weight is 627 g/mol. The van der Waals surface area contributed by atoms with E-state index in [2.05, 4.69) is 33.0 Å². The van der Waals surface area contributed by atoms with Gasteiger partial charge in [-0.25, -0.2) is 0 Å². The van der Waals surface area contributed by atoms with Crippen LogP contribution < -0.4 is 18.9 Å². The van der Waals surface area contributed by atoms with E-state index in [0.29, 0.717) is 43.3 Å². The number of para-hydroxylation sites is 1. The Morgan fingerprint density at radius 2 is 1.76 bits per heavy atom. The van der Waals surface area contributed by atoms with Crippen LogP contribution >= 0.6 is 0 Å². The molecule has 1 amide bonds. The van der Waals surface area contributed by atoms with Gasteiger partial charge >= 0.3 is 5.97 Å². The highest BCUT2D eigenvalue weighted by atomic mass is 16.7. The first-order valence-electron chi connectivity index (χ1n) is 16.2.